The van der Waals surface area contributed by atoms with Crippen molar-refractivity contribution in [1.82, 2.24) is 0 Å². The lowest BCUT2D eigenvalue weighted by atomic mass is 9.97. The van der Waals surface area contributed by atoms with Gasteiger partial charge < -0.3 is 9.47 Å². The first kappa shape index (κ1) is 27.8. The van der Waals surface area contributed by atoms with Crippen LogP contribution in [0.3, 0.4) is 0 Å². The second-order valence-corrected chi connectivity index (χ2v) is 8.57. The summed E-state index contributed by atoms with van der Waals surface area (Å²) in [5.41, 5.74) is 0.303. The Bertz CT molecular complexity index is 1450. The topological polar surface area (TPSA) is 18.5 Å². The summed E-state index contributed by atoms with van der Waals surface area (Å²) in [5.74, 6) is -4.70. The van der Waals surface area contributed by atoms with Crippen LogP contribution in [0.2, 0.25) is 0 Å². The summed E-state index contributed by atoms with van der Waals surface area (Å²) in [6, 6.07) is 16.8. The molecule has 0 N–H and O–H groups in total. The largest absolute Gasteiger partial charge is 0.459 e. The Kier molecular flexibility index (Phi) is 8.28. The molecular weight excluding hydrogens is 525 g/mol. The summed E-state index contributed by atoms with van der Waals surface area (Å²) in [4.78, 5) is 0. The second kappa shape index (κ2) is 11.6. The van der Waals surface area contributed by atoms with E-state index in [9.17, 15) is 30.7 Å². The van der Waals surface area contributed by atoms with Gasteiger partial charge in [-0.2, -0.15) is 17.6 Å². The highest BCUT2D eigenvalue weighted by molar-refractivity contribution is 5.71. The highest BCUT2D eigenvalue weighted by atomic mass is 19.3. The Morgan fingerprint density at radius 1 is 0.718 bits per heavy atom. The molecule has 4 aromatic carbocycles. The number of rotatable bonds is 9. The predicted octanol–water partition coefficient (Wildman–Crippen LogP) is 9.64. The van der Waals surface area contributed by atoms with Gasteiger partial charge in [0.2, 0.25) is 0 Å². The molecule has 4 rings (SSSR count). The van der Waals surface area contributed by atoms with Gasteiger partial charge in [0.05, 0.1) is 0 Å². The van der Waals surface area contributed by atoms with E-state index in [1.807, 2.05) is 24.3 Å². The molecule has 0 spiro atoms. The van der Waals surface area contributed by atoms with E-state index in [4.69, 9.17) is 0 Å². The van der Waals surface area contributed by atoms with Crippen LogP contribution in [-0.4, -0.2) is 0 Å². The van der Waals surface area contributed by atoms with E-state index in [0.29, 0.717) is 17.7 Å². The van der Waals surface area contributed by atoms with E-state index in [2.05, 4.69) is 16.4 Å². The highest BCUT2D eigenvalue weighted by Gasteiger charge is 2.41. The number of hydrogen-bond donors (Lipinski definition) is 0. The van der Waals surface area contributed by atoms with Crippen molar-refractivity contribution in [3.63, 3.8) is 0 Å². The highest BCUT2D eigenvalue weighted by Crippen LogP contribution is 2.38. The van der Waals surface area contributed by atoms with Crippen molar-refractivity contribution >= 4 is 0 Å². The molecular formula is C30H21F7O2. The molecule has 0 aromatic heterocycles. The molecule has 2 nitrogen and oxygen atoms in total. The molecule has 0 heterocycles. The molecule has 202 valence electrons. The van der Waals surface area contributed by atoms with Gasteiger partial charge in [-0.15, -0.1) is 0 Å². The number of alkyl halides is 2. The van der Waals surface area contributed by atoms with Crippen LogP contribution in [0.25, 0.3) is 22.3 Å². The summed E-state index contributed by atoms with van der Waals surface area (Å²) in [6.45, 7) is 2.06. The van der Waals surface area contributed by atoms with Crippen molar-refractivity contribution < 1.29 is 40.2 Å². The van der Waals surface area contributed by atoms with Crippen LogP contribution >= 0.6 is 0 Å². The standard InChI is InChI=1S/C30H21F7O2/c1-2-3-18-4-6-19(7-5-18)20-8-13-24(25(31)14-20)21-15-26(32)29(27(33)16-21)30(36,37)39-23-11-9-22(10-12-23)38-17-28(34)35/h4-17H,2-3H2,1H3. The summed E-state index contributed by atoms with van der Waals surface area (Å²) in [6.07, 6.45) is -4.51. The van der Waals surface area contributed by atoms with E-state index in [1.165, 1.54) is 12.1 Å². The number of ether oxygens (including phenoxy) is 2. The fraction of sp³-hybridized carbons (Fsp3) is 0.133. The molecule has 0 aliphatic heterocycles. The van der Waals surface area contributed by atoms with Crippen LogP contribution in [0.1, 0.15) is 24.5 Å². The first-order chi connectivity index (χ1) is 18.6. The molecule has 0 fully saturated rings. The molecule has 0 saturated carbocycles. The van der Waals surface area contributed by atoms with Crippen molar-refractivity contribution in [3.05, 3.63) is 120 Å². The maximum Gasteiger partial charge on any atom is 0.432 e. The van der Waals surface area contributed by atoms with Crippen molar-refractivity contribution in [2.75, 3.05) is 0 Å². The summed E-state index contributed by atoms with van der Waals surface area (Å²) < 4.78 is 107. The van der Waals surface area contributed by atoms with Gasteiger partial charge in [0, 0.05) is 5.56 Å². The Morgan fingerprint density at radius 3 is 1.85 bits per heavy atom. The molecule has 0 amide bonds. The Balaban J connectivity index is 1.56. The summed E-state index contributed by atoms with van der Waals surface area (Å²) in [5, 5.41) is 0. The van der Waals surface area contributed by atoms with Gasteiger partial charge in [-0.25, -0.2) is 13.2 Å². The molecule has 0 atom stereocenters. The SMILES string of the molecule is CCCc1ccc(-c2ccc(-c3cc(F)c(C(F)(F)Oc4ccc(OC=C(F)F)cc4)c(F)c3)c(F)c2)cc1. The quantitative estimate of drug-likeness (QED) is 0.154. The van der Waals surface area contributed by atoms with Crippen LogP contribution in [0.4, 0.5) is 30.7 Å². The van der Waals surface area contributed by atoms with Crippen LogP contribution in [-0.2, 0) is 12.5 Å². The van der Waals surface area contributed by atoms with Gasteiger partial charge in [-0.05, 0) is 71.1 Å². The lowest BCUT2D eigenvalue weighted by Gasteiger charge is -2.20. The number of aryl methyl sites for hydroxylation is 1. The summed E-state index contributed by atoms with van der Waals surface area (Å²) in [7, 11) is 0. The minimum Gasteiger partial charge on any atom is -0.459 e. The molecule has 0 radical (unpaired) electrons. The minimum atomic E-state index is -4.45. The van der Waals surface area contributed by atoms with Crippen molar-refractivity contribution in [2.24, 2.45) is 0 Å². The zero-order chi connectivity index (χ0) is 28.2. The van der Waals surface area contributed by atoms with Gasteiger partial charge in [0.15, 0.2) is 6.26 Å². The third kappa shape index (κ3) is 6.60. The number of benzene rings is 4. The van der Waals surface area contributed by atoms with Crippen LogP contribution < -0.4 is 9.47 Å². The molecule has 9 heteroatoms. The van der Waals surface area contributed by atoms with Crippen molar-refractivity contribution in [3.8, 4) is 33.8 Å². The molecule has 0 aliphatic rings. The average molecular weight is 546 g/mol. The number of hydrogen-bond acceptors (Lipinski definition) is 2. The van der Waals surface area contributed by atoms with Gasteiger partial charge in [0.25, 0.3) is 0 Å². The maximum absolute atomic E-state index is 15.0. The van der Waals surface area contributed by atoms with E-state index in [1.54, 1.807) is 6.07 Å². The lowest BCUT2D eigenvalue weighted by Crippen LogP contribution is -2.25. The second-order valence-electron chi connectivity index (χ2n) is 8.57. The Labute approximate surface area is 219 Å². The normalized spacial score (nSPS) is 11.3. The molecule has 4 aromatic rings. The molecule has 0 bridgehead atoms. The maximum atomic E-state index is 15.0. The van der Waals surface area contributed by atoms with Gasteiger partial charge in [-0.1, -0.05) is 49.7 Å². The van der Waals surface area contributed by atoms with Crippen LogP contribution in [0.5, 0.6) is 11.5 Å². The smallest absolute Gasteiger partial charge is 0.432 e. The first-order valence-corrected chi connectivity index (χ1v) is 11.8. The molecule has 0 saturated heterocycles. The van der Waals surface area contributed by atoms with E-state index >= 15 is 0 Å². The van der Waals surface area contributed by atoms with Crippen LogP contribution in [0, 0.1) is 17.5 Å². The third-order valence-electron chi connectivity index (χ3n) is 5.79. The number of halogens is 7. The van der Waals surface area contributed by atoms with Crippen molar-refractivity contribution in [2.45, 2.75) is 25.9 Å². The minimum absolute atomic E-state index is 0.110. The fourth-order valence-electron chi connectivity index (χ4n) is 3.99. The van der Waals surface area contributed by atoms with Crippen molar-refractivity contribution in [1.29, 1.82) is 0 Å². The summed E-state index contributed by atoms with van der Waals surface area (Å²) >= 11 is 0. The molecule has 0 unspecified atom stereocenters. The first-order valence-electron chi connectivity index (χ1n) is 11.8. The molecule has 0 aliphatic carbocycles. The average Bonchev–Trinajstić information content (AvgIpc) is 2.88. The zero-order valence-corrected chi connectivity index (χ0v) is 20.5. The lowest BCUT2D eigenvalue weighted by molar-refractivity contribution is -0.189. The van der Waals surface area contributed by atoms with E-state index in [-0.39, 0.29) is 23.1 Å². The molecule has 39 heavy (non-hydrogen) atoms. The monoisotopic (exact) mass is 546 g/mol. The third-order valence-corrected chi connectivity index (χ3v) is 5.79. The van der Waals surface area contributed by atoms with Gasteiger partial charge in [-0.3, -0.25) is 0 Å². The zero-order valence-electron chi connectivity index (χ0n) is 20.5. The van der Waals surface area contributed by atoms with Gasteiger partial charge >= 0.3 is 12.2 Å². The fourth-order valence-corrected chi connectivity index (χ4v) is 3.99. The van der Waals surface area contributed by atoms with Crippen LogP contribution in [0.15, 0.2) is 91.2 Å². The van der Waals surface area contributed by atoms with E-state index < -0.39 is 41.0 Å². The predicted molar refractivity (Wildman–Crippen MR) is 133 cm³/mol. The Morgan fingerprint density at radius 2 is 1.28 bits per heavy atom. The van der Waals surface area contributed by atoms with Gasteiger partial charge in [0.1, 0.15) is 34.5 Å². The van der Waals surface area contributed by atoms with E-state index in [0.717, 1.165) is 48.2 Å². The Hall–Kier alpha value is -4.27.